The molecule has 0 aliphatic carbocycles. The minimum atomic E-state index is -0.367. The van der Waals surface area contributed by atoms with Crippen molar-refractivity contribution in [1.29, 1.82) is 0 Å². The van der Waals surface area contributed by atoms with Crippen molar-refractivity contribution in [2.24, 2.45) is 5.92 Å². The lowest BCUT2D eigenvalue weighted by Gasteiger charge is -2.28. The number of amides is 1. The van der Waals surface area contributed by atoms with Crippen LogP contribution in [0, 0.1) is 5.92 Å². The van der Waals surface area contributed by atoms with Crippen molar-refractivity contribution in [3.05, 3.63) is 0 Å². The molecule has 4 unspecified atom stereocenters. The molecule has 16 heavy (non-hydrogen) atoms. The molecular weight excluding hydrogens is 204 g/mol. The molecule has 4 heteroatoms. The zero-order valence-corrected chi connectivity index (χ0v) is 10.5. The average molecular weight is 228 g/mol. The van der Waals surface area contributed by atoms with Gasteiger partial charge in [-0.1, -0.05) is 6.92 Å². The van der Waals surface area contributed by atoms with Gasteiger partial charge in [0.05, 0.1) is 12.1 Å². The maximum atomic E-state index is 11.9. The molecule has 1 heterocycles. The van der Waals surface area contributed by atoms with Crippen LogP contribution >= 0.6 is 0 Å². The molecule has 1 amide bonds. The zero-order valence-electron chi connectivity index (χ0n) is 10.5. The van der Waals surface area contributed by atoms with Crippen LogP contribution in [0.25, 0.3) is 0 Å². The van der Waals surface area contributed by atoms with Gasteiger partial charge < -0.3 is 15.7 Å². The van der Waals surface area contributed by atoms with Gasteiger partial charge in [0.15, 0.2) is 0 Å². The van der Waals surface area contributed by atoms with Crippen LogP contribution in [0.4, 0.5) is 0 Å². The van der Waals surface area contributed by atoms with Gasteiger partial charge in [-0.3, -0.25) is 4.79 Å². The fourth-order valence-electron chi connectivity index (χ4n) is 2.22. The largest absolute Gasteiger partial charge is 0.393 e. The Morgan fingerprint density at radius 3 is 2.81 bits per heavy atom. The van der Waals surface area contributed by atoms with Gasteiger partial charge in [-0.05, 0) is 45.6 Å². The van der Waals surface area contributed by atoms with E-state index in [9.17, 15) is 9.90 Å². The Labute approximate surface area is 97.8 Å². The smallest absolute Gasteiger partial charge is 0.237 e. The van der Waals surface area contributed by atoms with Gasteiger partial charge in [0, 0.05) is 6.04 Å². The summed E-state index contributed by atoms with van der Waals surface area (Å²) >= 11 is 0. The number of hydrogen-bond donors (Lipinski definition) is 3. The number of aliphatic hydroxyl groups excluding tert-OH is 1. The van der Waals surface area contributed by atoms with E-state index in [0.29, 0.717) is 12.3 Å². The molecule has 1 saturated heterocycles. The Hall–Kier alpha value is -0.610. The fourth-order valence-corrected chi connectivity index (χ4v) is 2.22. The van der Waals surface area contributed by atoms with E-state index in [1.54, 1.807) is 6.92 Å². The normalized spacial score (nSPS) is 29.5. The van der Waals surface area contributed by atoms with E-state index < -0.39 is 0 Å². The van der Waals surface area contributed by atoms with Gasteiger partial charge in [0.2, 0.25) is 5.91 Å². The fraction of sp³-hybridized carbons (Fsp3) is 0.917. The lowest BCUT2D eigenvalue weighted by Crippen LogP contribution is -2.50. The molecule has 94 valence electrons. The van der Waals surface area contributed by atoms with E-state index in [2.05, 4.69) is 17.6 Å². The monoisotopic (exact) mass is 228 g/mol. The second-order valence-electron chi connectivity index (χ2n) is 5.13. The molecule has 1 aliphatic rings. The third-order valence-corrected chi connectivity index (χ3v) is 3.07. The summed E-state index contributed by atoms with van der Waals surface area (Å²) in [5.74, 6) is 0.684. The van der Waals surface area contributed by atoms with Crippen LogP contribution in [0.2, 0.25) is 0 Å². The number of nitrogens with one attached hydrogen (secondary N) is 2. The standard InChI is InChI=1S/C12H24N2O2/c1-8-4-5-13-11(6-8)12(16)14-9(2)7-10(3)15/h8-11,13,15H,4-7H2,1-3H3,(H,14,16). The zero-order chi connectivity index (χ0) is 12.1. The quantitative estimate of drug-likeness (QED) is 0.662. The van der Waals surface area contributed by atoms with Crippen LogP contribution in [0.1, 0.15) is 40.0 Å². The van der Waals surface area contributed by atoms with Crippen molar-refractivity contribution in [3.8, 4) is 0 Å². The molecule has 3 N–H and O–H groups in total. The van der Waals surface area contributed by atoms with Crippen LogP contribution in [0.5, 0.6) is 0 Å². The van der Waals surface area contributed by atoms with Crippen molar-refractivity contribution < 1.29 is 9.90 Å². The van der Waals surface area contributed by atoms with Crippen molar-refractivity contribution in [2.75, 3.05) is 6.54 Å². The SMILES string of the molecule is CC(O)CC(C)NC(=O)C1CC(C)CCN1. The number of rotatable bonds is 4. The predicted molar refractivity (Wildman–Crippen MR) is 64.1 cm³/mol. The first-order chi connectivity index (χ1) is 7.49. The van der Waals surface area contributed by atoms with Gasteiger partial charge in [-0.25, -0.2) is 0 Å². The predicted octanol–water partition coefficient (Wildman–Crippen LogP) is 0.650. The highest BCUT2D eigenvalue weighted by atomic mass is 16.3. The van der Waals surface area contributed by atoms with Gasteiger partial charge in [-0.2, -0.15) is 0 Å². The van der Waals surface area contributed by atoms with Gasteiger partial charge in [0.1, 0.15) is 0 Å². The third kappa shape index (κ3) is 4.49. The second kappa shape index (κ2) is 6.21. The Morgan fingerprint density at radius 1 is 1.56 bits per heavy atom. The number of hydrogen-bond acceptors (Lipinski definition) is 3. The first kappa shape index (κ1) is 13.5. The second-order valence-corrected chi connectivity index (χ2v) is 5.13. The van der Waals surface area contributed by atoms with E-state index in [4.69, 9.17) is 0 Å². The molecule has 0 spiro atoms. The molecule has 1 fully saturated rings. The summed E-state index contributed by atoms with van der Waals surface area (Å²) in [6.45, 7) is 6.77. The number of carbonyl (C=O) groups is 1. The Bertz CT molecular complexity index is 231. The summed E-state index contributed by atoms with van der Waals surface area (Å²) in [6, 6.07) is -0.0215. The lowest BCUT2D eigenvalue weighted by atomic mass is 9.93. The van der Waals surface area contributed by atoms with Crippen LogP contribution in [-0.2, 0) is 4.79 Å². The molecule has 0 radical (unpaired) electrons. The molecule has 4 atom stereocenters. The molecule has 0 aromatic carbocycles. The van der Waals surface area contributed by atoms with Crippen LogP contribution in [-0.4, -0.2) is 35.7 Å². The summed E-state index contributed by atoms with van der Waals surface area (Å²) < 4.78 is 0. The minimum Gasteiger partial charge on any atom is -0.393 e. The van der Waals surface area contributed by atoms with E-state index in [1.807, 2.05) is 6.92 Å². The minimum absolute atomic E-state index is 0.0338. The van der Waals surface area contributed by atoms with Crippen molar-refractivity contribution in [3.63, 3.8) is 0 Å². The molecule has 4 nitrogen and oxygen atoms in total. The lowest BCUT2D eigenvalue weighted by molar-refractivity contribution is -0.124. The Kier molecular flexibility index (Phi) is 5.22. The van der Waals surface area contributed by atoms with Crippen LogP contribution in [0.15, 0.2) is 0 Å². The molecule has 1 rings (SSSR count). The maximum absolute atomic E-state index is 11.9. The average Bonchev–Trinajstić information content (AvgIpc) is 2.16. The highest BCUT2D eigenvalue weighted by Crippen LogP contribution is 2.15. The number of piperidine rings is 1. The molecule has 0 aromatic rings. The van der Waals surface area contributed by atoms with Gasteiger partial charge in [0.25, 0.3) is 0 Å². The maximum Gasteiger partial charge on any atom is 0.237 e. The van der Waals surface area contributed by atoms with Gasteiger partial charge >= 0.3 is 0 Å². The van der Waals surface area contributed by atoms with E-state index in [1.165, 1.54) is 0 Å². The van der Waals surface area contributed by atoms with Gasteiger partial charge in [-0.15, -0.1) is 0 Å². The van der Waals surface area contributed by atoms with E-state index in [0.717, 1.165) is 19.4 Å². The topological polar surface area (TPSA) is 61.4 Å². The van der Waals surface area contributed by atoms with Crippen LogP contribution in [0.3, 0.4) is 0 Å². The summed E-state index contributed by atoms with van der Waals surface area (Å²) in [7, 11) is 0. The van der Waals surface area contributed by atoms with E-state index in [-0.39, 0.29) is 24.1 Å². The Morgan fingerprint density at radius 2 is 2.25 bits per heavy atom. The summed E-state index contributed by atoms with van der Waals surface area (Å²) in [5, 5.41) is 15.4. The molecular formula is C12H24N2O2. The number of aliphatic hydroxyl groups is 1. The van der Waals surface area contributed by atoms with Crippen molar-refractivity contribution in [1.82, 2.24) is 10.6 Å². The molecule has 0 bridgehead atoms. The van der Waals surface area contributed by atoms with Crippen molar-refractivity contribution in [2.45, 2.75) is 58.2 Å². The number of carbonyl (C=O) groups excluding carboxylic acids is 1. The summed E-state index contributed by atoms with van der Waals surface area (Å²) in [5.41, 5.74) is 0. The summed E-state index contributed by atoms with van der Waals surface area (Å²) in [6.07, 6.45) is 2.29. The first-order valence-corrected chi connectivity index (χ1v) is 6.21. The van der Waals surface area contributed by atoms with E-state index >= 15 is 0 Å². The Balaban J connectivity index is 2.33. The van der Waals surface area contributed by atoms with Crippen LogP contribution < -0.4 is 10.6 Å². The first-order valence-electron chi connectivity index (χ1n) is 6.21. The molecule has 1 aliphatic heterocycles. The highest BCUT2D eigenvalue weighted by Gasteiger charge is 2.25. The highest BCUT2D eigenvalue weighted by molar-refractivity contribution is 5.82. The molecule has 0 saturated carbocycles. The summed E-state index contributed by atoms with van der Waals surface area (Å²) in [4.78, 5) is 11.9. The van der Waals surface area contributed by atoms with Crippen molar-refractivity contribution >= 4 is 5.91 Å². The molecule has 0 aromatic heterocycles. The third-order valence-electron chi connectivity index (χ3n) is 3.07.